The molecule has 108 valence electrons. The van der Waals surface area contributed by atoms with Crippen LogP contribution in [0.25, 0.3) is 6.08 Å². The van der Waals surface area contributed by atoms with E-state index < -0.39 is 0 Å². The Morgan fingerprint density at radius 2 is 1.81 bits per heavy atom. The highest BCUT2D eigenvalue weighted by molar-refractivity contribution is 7.79. The molecule has 2 aromatic carbocycles. The minimum atomic E-state index is -0.0372. The average Bonchev–Trinajstić information content (AvgIpc) is 2.49. The summed E-state index contributed by atoms with van der Waals surface area (Å²) in [6, 6.07) is 12.1. The number of hydrogen-bond acceptors (Lipinski definition) is 4. The molecule has 0 aromatic heterocycles. The van der Waals surface area contributed by atoms with Crippen molar-refractivity contribution in [3.05, 3.63) is 59.7 Å². The molecule has 0 fully saturated rings. The lowest BCUT2D eigenvalue weighted by Crippen LogP contribution is -1.94. The van der Waals surface area contributed by atoms with Gasteiger partial charge in [0.05, 0.1) is 7.11 Å². The molecule has 0 amide bonds. The van der Waals surface area contributed by atoms with Gasteiger partial charge in [-0.15, -0.1) is 0 Å². The highest BCUT2D eigenvalue weighted by Gasteiger charge is 2.05. The number of hydrogen-bond donors (Lipinski definition) is 2. The second kappa shape index (κ2) is 6.90. The molecular weight excluding hydrogens is 284 g/mol. The summed E-state index contributed by atoms with van der Waals surface area (Å²) in [5, 5.41) is 20.7. The van der Waals surface area contributed by atoms with E-state index in [0.717, 1.165) is 11.1 Å². The number of thiocarbonyl (C=S) groups is 1. The summed E-state index contributed by atoms with van der Waals surface area (Å²) < 4.78 is 5.01. The Labute approximate surface area is 129 Å². The quantitative estimate of drug-likeness (QED) is 0.822. The Balaban J connectivity index is 2.19. The predicted molar refractivity (Wildman–Crippen MR) is 88.2 cm³/mol. The molecule has 1 atom stereocenters. The zero-order chi connectivity index (χ0) is 15.2. The van der Waals surface area contributed by atoms with Gasteiger partial charge in [-0.1, -0.05) is 42.6 Å². The van der Waals surface area contributed by atoms with Crippen molar-refractivity contribution in [2.75, 3.05) is 7.11 Å². The summed E-state index contributed by atoms with van der Waals surface area (Å²) in [6.45, 7) is 0. The monoisotopic (exact) mass is 300 g/mol. The van der Waals surface area contributed by atoms with Crippen molar-refractivity contribution in [2.45, 2.75) is 5.92 Å². The summed E-state index contributed by atoms with van der Waals surface area (Å²) >= 11 is 5.06. The minimum Gasteiger partial charge on any atom is -0.508 e. The molecule has 2 rings (SSSR count). The molecule has 0 aliphatic heterocycles. The maximum Gasteiger partial charge on any atom is 0.160 e. The fourth-order valence-corrected chi connectivity index (χ4v) is 2.20. The van der Waals surface area contributed by atoms with Crippen LogP contribution in [0.15, 0.2) is 48.5 Å². The second-order valence-corrected chi connectivity index (χ2v) is 4.82. The van der Waals surface area contributed by atoms with Crippen molar-refractivity contribution in [3.63, 3.8) is 0 Å². The Morgan fingerprint density at radius 3 is 2.38 bits per heavy atom. The molecule has 0 heterocycles. The van der Waals surface area contributed by atoms with Gasteiger partial charge in [-0.3, -0.25) is 0 Å². The lowest BCUT2D eigenvalue weighted by Gasteiger charge is -2.07. The number of ether oxygens (including phenoxy) is 1. The average molecular weight is 300 g/mol. The molecule has 0 unspecified atom stereocenters. The van der Waals surface area contributed by atoms with Gasteiger partial charge < -0.3 is 14.9 Å². The molecule has 3 nitrogen and oxygen atoms in total. The molecular formula is C17H16O3S. The van der Waals surface area contributed by atoms with Crippen LogP contribution in [0, 0.1) is 0 Å². The summed E-state index contributed by atoms with van der Waals surface area (Å²) in [5.74, 6) is 0.732. The van der Waals surface area contributed by atoms with Crippen LogP contribution in [0.4, 0.5) is 0 Å². The van der Waals surface area contributed by atoms with Gasteiger partial charge in [0.2, 0.25) is 0 Å². The summed E-state index contributed by atoms with van der Waals surface area (Å²) in [4.78, 5) is 0. The number of phenols is 2. The van der Waals surface area contributed by atoms with Crippen LogP contribution >= 0.6 is 12.2 Å². The SMILES string of the molecule is COc1ccc(/C=C\[C@@H](C=S)c2ccc(O)cc2)cc1O. The normalized spacial score (nSPS) is 12.2. The maximum absolute atomic E-state index is 9.75. The number of aromatic hydroxyl groups is 2. The van der Waals surface area contributed by atoms with Crippen LogP contribution in [0.2, 0.25) is 0 Å². The first-order valence-electron chi connectivity index (χ1n) is 6.43. The third kappa shape index (κ3) is 3.83. The number of benzene rings is 2. The van der Waals surface area contributed by atoms with Crippen molar-refractivity contribution >= 4 is 23.7 Å². The largest absolute Gasteiger partial charge is 0.508 e. The van der Waals surface area contributed by atoms with E-state index in [1.54, 1.807) is 29.6 Å². The fourth-order valence-electron chi connectivity index (χ4n) is 1.96. The molecule has 0 radical (unpaired) electrons. The first-order chi connectivity index (χ1) is 10.1. The first-order valence-corrected chi connectivity index (χ1v) is 6.90. The van der Waals surface area contributed by atoms with E-state index in [0.29, 0.717) is 5.75 Å². The van der Waals surface area contributed by atoms with Gasteiger partial charge in [-0.05, 0) is 40.8 Å². The van der Waals surface area contributed by atoms with Gasteiger partial charge in [0.25, 0.3) is 0 Å². The van der Waals surface area contributed by atoms with E-state index in [-0.39, 0.29) is 17.4 Å². The smallest absolute Gasteiger partial charge is 0.160 e. The van der Waals surface area contributed by atoms with E-state index in [2.05, 4.69) is 0 Å². The van der Waals surface area contributed by atoms with E-state index in [4.69, 9.17) is 17.0 Å². The molecule has 0 bridgehead atoms. The van der Waals surface area contributed by atoms with Gasteiger partial charge in [0.1, 0.15) is 5.75 Å². The maximum atomic E-state index is 9.75. The highest BCUT2D eigenvalue weighted by Crippen LogP contribution is 2.27. The van der Waals surface area contributed by atoms with Crippen molar-refractivity contribution in [2.24, 2.45) is 0 Å². The first kappa shape index (κ1) is 15.1. The van der Waals surface area contributed by atoms with Crippen LogP contribution in [0.1, 0.15) is 17.0 Å². The van der Waals surface area contributed by atoms with Crippen LogP contribution in [0.3, 0.4) is 0 Å². The molecule has 21 heavy (non-hydrogen) atoms. The second-order valence-electron chi connectivity index (χ2n) is 4.54. The van der Waals surface area contributed by atoms with Crippen molar-refractivity contribution < 1.29 is 14.9 Å². The van der Waals surface area contributed by atoms with E-state index in [1.165, 1.54) is 7.11 Å². The van der Waals surface area contributed by atoms with E-state index >= 15 is 0 Å². The third-order valence-electron chi connectivity index (χ3n) is 3.12. The van der Waals surface area contributed by atoms with Crippen LogP contribution in [-0.2, 0) is 0 Å². The Bertz CT molecular complexity index is 648. The van der Waals surface area contributed by atoms with Crippen LogP contribution in [0.5, 0.6) is 17.2 Å². The molecule has 4 heteroatoms. The summed E-state index contributed by atoms with van der Waals surface area (Å²) in [7, 11) is 1.51. The van der Waals surface area contributed by atoms with Gasteiger partial charge >= 0.3 is 0 Å². The summed E-state index contributed by atoms with van der Waals surface area (Å²) in [6.07, 6.45) is 3.83. The lowest BCUT2D eigenvalue weighted by molar-refractivity contribution is 0.373. The van der Waals surface area contributed by atoms with Crippen LogP contribution < -0.4 is 4.74 Å². The minimum absolute atomic E-state index is 0.0372. The van der Waals surface area contributed by atoms with Crippen molar-refractivity contribution in [3.8, 4) is 17.2 Å². The van der Waals surface area contributed by atoms with Gasteiger partial charge in [-0.2, -0.15) is 0 Å². The number of rotatable bonds is 5. The number of allylic oxidation sites excluding steroid dienone is 1. The topological polar surface area (TPSA) is 49.7 Å². The zero-order valence-corrected chi connectivity index (χ0v) is 12.4. The van der Waals surface area contributed by atoms with Crippen molar-refractivity contribution in [1.29, 1.82) is 0 Å². The Hall–Kier alpha value is -2.33. The standard InChI is InChI=1S/C17H16O3S/c1-20-17-9-3-12(10-16(17)19)2-4-14(11-21)13-5-7-15(18)8-6-13/h2-11,14,18-19H,1H3/b4-2-/t14-/m0/s1. The van der Waals surface area contributed by atoms with E-state index in [1.807, 2.05) is 30.4 Å². The molecule has 0 aliphatic rings. The highest BCUT2D eigenvalue weighted by atomic mass is 32.1. The molecule has 0 saturated carbocycles. The van der Waals surface area contributed by atoms with Gasteiger partial charge in [-0.25, -0.2) is 0 Å². The fraction of sp³-hybridized carbons (Fsp3) is 0.118. The van der Waals surface area contributed by atoms with Gasteiger partial charge in [0.15, 0.2) is 11.5 Å². The van der Waals surface area contributed by atoms with E-state index in [9.17, 15) is 10.2 Å². The Kier molecular flexibility index (Phi) is 4.95. The van der Waals surface area contributed by atoms with Crippen LogP contribution in [-0.4, -0.2) is 22.7 Å². The summed E-state index contributed by atoms with van der Waals surface area (Å²) in [5.41, 5.74) is 1.85. The molecule has 0 aliphatic carbocycles. The molecule has 2 N–H and O–H groups in total. The Morgan fingerprint density at radius 1 is 1.10 bits per heavy atom. The molecule has 2 aromatic rings. The van der Waals surface area contributed by atoms with Crippen molar-refractivity contribution in [1.82, 2.24) is 0 Å². The number of methoxy groups -OCH3 is 1. The third-order valence-corrected chi connectivity index (χ3v) is 3.42. The molecule has 0 saturated heterocycles. The number of phenolic OH excluding ortho intramolecular Hbond substituents is 2. The lowest BCUT2D eigenvalue weighted by atomic mass is 9.99. The molecule has 0 spiro atoms. The predicted octanol–water partition coefficient (Wildman–Crippen LogP) is 3.90. The van der Waals surface area contributed by atoms with Gasteiger partial charge in [0, 0.05) is 5.92 Å². The zero-order valence-electron chi connectivity index (χ0n) is 11.6.